The molecule has 2 unspecified atom stereocenters. The molecule has 23 heavy (non-hydrogen) atoms. The summed E-state index contributed by atoms with van der Waals surface area (Å²) < 4.78 is 1.76. The molecule has 1 fully saturated rings. The zero-order valence-corrected chi connectivity index (χ0v) is 13.4. The lowest BCUT2D eigenvalue weighted by molar-refractivity contribution is 0.130. The highest BCUT2D eigenvalue weighted by molar-refractivity contribution is 5.90. The van der Waals surface area contributed by atoms with Gasteiger partial charge in [0.25, 0.3) is 0 Å². The average Bonchev–Trinajstić information content (AvgIpc) is 3.16. The second-order valence-corrected chi connectivity index (χ2v) is 6.07. The Labute approximate surface area is 135 Å². The molecule has 2 heterocycles. The van der Waals surface area contributed by atoms with Crippen LogP contribution in [0, 0.1) is 12.8 Å². The zero-order chi connectivity index (χ0) is 16.4. The first-order chi connectivity index (χ1) is 11.0. The fraction of sp³-hybridized carbons (Fsp3) is 0.412. The minimum Gasteiger partial charge on any atom is -0.393 e. The first-order valence-corrected chi connectivity index (χ1v) is 7.90. The quantitative estimate of drug-likeness (QED) is 0.914. The number of anilines is 1. The standard InChI is InChI=1S/C17H22N4O2/c1-12-16(11-21(19-12)15-6-4-3-5-7-15)18-17(23)20-9-8-14(10-20)13(2)22/h3-7,11,13-14,22H,8-10H2,1-2H3,(H,18,23). The summed E-state index contributed by atoms with van der Waals surface area (Å²) in [5.74, 6) is 0.161. The highest BCUT2D eigenvalue weighted by Gasteiger charge is 2.29. The number of rotatable bonds is 3. The van der Waals surface area contributed by atoms with E-state index in [1.807, 2.05) is 43.5 Å². The van der Waals surface area contributed by atoms with Crippen molar-refractivity contribution >= 4 is 11.7 Å². The number of para-hydroxylation sites is 1. The van der Waals surface area contributed by atoms with Crippen LogP contribution in [0.5, 0.6) is 0 Å². The Balaban J connectivity index is 1.69. The van der Waals surface area contributed by atoms with Gasteiger partial charge in [-0.3, -0.25) is 0 Å². The van der Waals surface area contributed by atoms with E-state index in [9.17, 15) is 9.90 Å². The molecule has 1 aliphatic rings. The van der Waals surface area contributed by atoms with Crippen LogP contribution in [-0.4, -0.2) is 45.0 Å². The SMILES string of the molecule is Cc1nn(-c2ccccc2)cc1NC(=O)N1CCC(C(C)O)C1. The van der Waals surface area contributed by atoms with Gasteiger partial charge in [0.15, 0.2) is 0 Å². The van der Waals surface area contributed by atoms with Crippen molar-refractivity contribution in [1.29, 1.82) is 0 Å². The van der Waals surface area contributed by atoms with E-state index < -0.39 is 0 Å². The largest absolute Gasteiger partial charge is 0.393 e. The topological polar surface area (TPSA) is 70.4 Å². The van der Waals surface area contributed by atoms with Crippen molar-refractivity contribution in [1.82, 2.24) is 14.7 Å². The molecule has 122 valence electrons. The summed E-state index contributed by atoms with van der Waals surface area (Å²) in [6, 6.07) is 9.64. The van der Waals surface area contributed by atoms with E-state index >= 15 is 0 Å². The molecule has 2 N–H and O–H groups in total. The van der Waals surface area contributed by atoms with Crippen LogP contribution in [0.2, 0.25) is 0 Å². The molecule has 2 atom stereocenters. The first-order valence-electron chi connectivity index (χ1n) is 7.90. The molecule has 6 heteroatoms. The van der Waals surface area contributed by atoms with Crippen molar-refractivity contribution in [2.24, 2.45) is 5.92 Å². The number of likely N-dealkylation sites (tertiary alicyclic amines) is 1. The highest BCUT2D eigenvalue weighted by Crippen LogP contribution is 2.22. The van der Waals surface area contributed by atoms with Gasteiger partial charge in [0.05, 0.1) is 29.4 Å². The van der Waals surface area contributed by atoms with Crippen LogP contribution in [0.4, 0.5) is 10.5 Å². The van der Waals surface area contributed by atoms with Crippen molar-refractivity contribution in [3.05, 3.63) is 42.2 Å². The summed E-state index contributed by atoms with van der Waals surface area (Å²) in [5.41, 5.74) is 2.43. The van der Waals surface area contributed by atoms with Crippen LogP contribution in [0.3, 0.4) is 0 Å². The number of nitrogens with zero attached hydrogens (tertiary/aromatic N) is 3. The van der Waals surface area contributed by atoms with Crippen molar-refractivity contribution in [2.75, 3.05) is 18.4 Å². The lowest BCUT2D eigenvalue weighted by Crippen LogP contribution is -2.34. The van der Waals surface area contributed by atoms with Crippen LogP contribution in [0.25, 0.3) is 5.69 Å². The third-order valence-electron chi connectivity index (χ3n) is 4.36. The monoisotopic (exact) mass is 314 g/mol. The lowest BCUT2D eigenvalue weighted by atomic mass is 10.0. The number of hydrogen-bond acceptors (Lipinski definition) is 3. The van der Waals surface area contributed by atoms with Gasteiger partial charge >= 0.3 is 6.03 Å². The Morgan fingerprint density at radius 1 is 1.39 bits per heavy atom. The molecule has 3 rings (SSSR count). The van der Waals surface area contributed by atoms with Gasteiger partial charge < -0.3 is 15.3 Å². The van der Waals surface area contributed by atoms with E-state index in [1.54, 1.807) is 16.5 Å². The normalized spacial score (nSPS) is 18.9. The summed E-state index contributed by atoms with van der Waals surface area (Å²) >= 11 is 0. The predicted octanol–water partition coefficient (Wildman–Crippen LogP) is 2.42. The third kappa shape index (κ3) is 3.37. The van der Waals surface area contributed by atoms with E-state index in [1.165, 1.54) is 0 Å². The molecule has 1 aromatic heterocycles. The van der Waals surface area contributed by atoms with Crippen LogP contribution >= 0.6 is 0 Å². The molecule has 1 saturated heterocycles. The van der Waals surface area contributed by atoms with Gasteiger partial charge in [0.1, 0.15) is 0 Å². The fourth-order valence-corrected chi connectivity index (χ4v) is 2.86. The highest BCUT2D eigenvalue weighted by atomic mass is 16.3. The van der Waals surface area contributed by atoms with Crippen LogP contribution < -0.4 is 5.32 Å². The second-order valence-electron chi connectivity index (χ2n) is 6.07. The van der Waals surface area contributed by atoms with Gasteiger partial charge in [0, 0.05) is 19.0 Å². The molecular weight excluding hydrogens is 292 g/mol. The smallest absolute Gasteiger partial charge is 0.321 e. The average molecular weight is 314 g/mol. The maximum absolute atomic E-state index is 12.4. The number of carbonyl (C=O) groups is 1. The van der Waals surface area contributed by atoms with Crippen molar-refractivity contribution in [3.8, 4) is 5.69 Å². The number of aromatic nitrogens is 2. The number of urea groups is 1. The summed E-state index contributed by atoms with van der Waals surface area (Å²) in [7, 11) is 0. The molecule has 0 radical (unpaired) electrons. The number of carbonyl (C=O) groups excluding carboxylic acids is 1. The van der Waals surface area contributed by atoms with E-state index in [0.29, 0.717) is 18.8 Å². The van der Waals surface area contributed by atoms with Gasteiger partial charge in [-0.15, -0.1) is 0 Å². The minimum absolute atomic E-state index is 0.135. The fourth-order valence-electron chi connectivity index (χ4n) is 2.86. The number of benzene rings is 1. The maximum atomic E-state index is 12.4. The number of hydrogen-bond donors (Lipinski definition) is 2. The van der Waals surface area contributed by atoms with Crippen LogP contribution in [0.15, 0.2) is 36.5 Å². The van der Waals surface area contributed by atoms with E-state index in [0.717, 1.165) is 17.8 Å². The van der Waals surface area contributed by atoms with Gasteiger partial charge in [0.2, 0.25) is 0 Å². The molecule has 2 aromatic rings. The number of aliphatic hydroxyl groups excluding tert-OH is 1. The Morgan fingerprint density at radius 2 is 2.13 bits per heavy atom. The Kier molecular flexibility index (Phi) is 4.34. The maximum Gasteiger partial charge on any atom is 0.321 e. The Bertz CT molecular complexity index is 681. The predicted molar refractivity (Wildman–Crippen MR) is 88.7 cm³/mol. The lowest BCUT2D eigenvalue weighted by Gasteiger charge is -2.18. The summed E-state index contributed by atoms with van der Waals surface area (Å²) in [6.45, 7) is 4.92. The molecule has 0 saturated carbocycles. The molecular formula is C17H22N4O2. The summed E-state index contributed by atoms with van der Waals surface area (Å²) in [4.78, 5) is 14.1. The molecule has 6 nitrogen and oxygen atoms in total. The van der Waals surface area contributed by atoms with Crippen molar-refractivity contribution in [3.63, 3.8) is 0 Å². The molecule has 1 aliphatic heterocycles. The first kappa shape index (κ1) is 15.6. The van der Waals surface area contributed by atoms with Crippen molar-refractivity contribution < 1.29 is 9.90 Å². The van der Waals surface area contributed by atoms with Gasteiger partial charge in [-0.2, -0.15) is 5.10 Å². The molecule has 0 aliphatic carbocycles. The molecule has 0 spiro atoms. The molecule has 1 aromatic carbocycles. The van der Waals surface area contributed by atoms with E-state index in [-0.39, 0.29) is 18.1 Å². The number of aryl methyl sites for hydroxylation is 1. The van der Waals surface area contributed by atoms with Crippen molar-refractivity contribution in [2.45, 2.75) is 26.4 Å². The molecule has 2 amide bonds. The molecule has 0 bridgehead atoms. The third-order valence-corrected chi connectivity index (χ3v) is 4.36. The number of nitrogens with one attached hydrogen (secondary N) is 1. The van der Waals surface area contributed by atoms with E-state index in [4.69, 9.17) is 0 Å². The zero-order valence-electron chi connectivity index (χ0n) is 13.4. The van der Waals surface area contributed by atoms with Gasteiger partial charge in [-0.25, -0.2) is 9.48 Å². The van der Waals surface area contributed by atoms with E-state index in [2.05, 4.69) is 10.4 Å². The Morgan fingerprint density at radius 3 is 2.78 bits per heavy atom. The van der Waals surface area contributed by atoms with Gasteiger partial charge in [-0.05, 0) is 32.4 Å². The summed E-state index contributed by atoms with van der Waals surface area (Å²) in [6.07, 6.45) is 2.29. The number of aliphatic hydroxyl groups is 1. The summed E-state index contributed by atoms with van der Waals surface area (Å²) in [5, 5.41) is 17.0. The Hall–Kier alpha value is -2.34. The van der Waals surface area contributed by atoms with Crippen LogP contribution in [0.1, 0.15) is 19.0 Å². The minimum atomic E-state index is -0.379. The second kappa shape index (κ2) is 6.42. The number of amides is 2. The van der Waals surface area contributed by atoms with Gasteiger partial charge in [-0.1, -0.05) is 18.2 Å². The van der Waals surface area contributed by atoms with Crippen LogP contribution in [-0.2, 0) is 0 Å².